The summed E-state index contributed by atoms with van der Waals surface area (Å²) in [5.74, 6) is 0. The first-order valence-corrected chi connectivity index (χ1v) is 4.24. The molecule has 0 aliphatic rings. The summed E-state index contributed by atoms with van der Waals surface area (Å²) in [6, 6.07) is 0. The fourth-order valence-corrected chi connectivity index (χ4v) is 1.33. The van der Waals surface area contributed by atoms with Crippen LogP contribution in [-0.2, 0) is 4.79 Å². The predicted molar refractivity (Wildman–Crippen MR) is 46.5 cm³/mol. The highest BCUT2D eigenvalue weighted by molar-refractivity contribution is 8.09. The molecule has 2 nitrogen and oxygen atoms in total. The van der Waals surface area contributed by atoms with Crippen LogP contribution in [0.3, 0.4) is 0 Å². The maximum atomic E-state index is 10.1. The summed E-state index contributed by atoms with van der Waals surface area (Å²) in [5.41, 5.74) is 0.953. The van der Waals surface area contributed by atoms with Gasteiger partial charge in [-0.1, -0.05) is 6.92 Å². The van der Waals surface area contributed by atoms with E-state index in [2.05, 4.69) is 20.8 Å². The molecule has 0 aromatic heterocycles. The fourth-order valence-electron chi connectivity index (χ4n) is 0.759. The molecule has 0 rings (SSSR count). The maximum Gasteiger partial charge on any atom is 0.191 e. The van der Waals surface area contributed by atoms with Crippen molar-refractivity contribution in [3.05, 3.63) is 0 Å². The van der Waals surface area contributed by atoms with Crippen LogP contribution in [0.5, 0.6) is 0 Å². The van der Waals surface area contributed by atoms with Crippen molar-refractivity contribution < 1.29 is 4.79 Å². The largest absolute Gasteiger partial charge is 0.290 e. The van der Waals surface area contributed by atoms with Crippen molar-refractivity contribution in [2.24, 2.45) is 0 Å². The van der Waals surface area contributed by atoms with Crippen molar-refractivity contribution in [3.8, 4) is 0 Å². The summed E-state index contributed by atoms with van der Waals surface area (Å²) >= 11 is 1.24. The summed E-state index contributed by atoms with van der Waals surface area (Å²) in [6.07, 6.45) is 0. The van der Waals surface area contributed by atoms with Crippen LogP contribution in [0.15, 0.2) is 0 Å². The third-order valence-corrected chi connectivity index (χ3v) is 2.35. The highest BCUT2D eigenvalue weighted by Crippen LogP contribution is 2.20. The van der Waals surface area contributed by atoms with Crippen molar-refractivity contribution in [1.82, 2.24) is 4.31 Å². The smallest absolute Gasteiger partial charge is 0.191 e. The second-order valence-electron chi connectivity index (χ2n) is 3.07. The van der Waals surface area contributed by atoms with Gasteiger partial charge >= 0.3 is 0 Å². The molecular weight excluding hydrogens is 146 g/mol. The molecule has 0 radical (unpaired) electrons. The lowest BCUT2D eigenvalue weighted by Crippen LogP contribution is -2.35. The molecular formula is C7H15NOS. The van der Waals surface area contributed by atoms with E-state index < -0.39 is 0 Å². The minimum Gasteiger partial charge on any atom is -0.290 e. The molecule has 0 amide bonds. The number of hydrogen-bond acceptors (Lipinski definition) is 3. The molecule has 0 fully saturated rings. The SMILES string of the molecule is CCN(SC=O)C(C)(C)C. The molecule has 10 heavy (non-hydrogen) atoms. The number of carbonyl (C=O) groups is 1. The number of hydrogen-bond donors (Lipinski definition) is 0. The van der Waals surface area contributed by atoms with Gasteiger partial charge < -0.3 is 0 Å². The van der Waals surface area contributed by atoms with E-state index in [1.165, 1.54) is 11.9 Å². The monoisotopic (exact) mass is 161 g/mol. The Bertz CT molecular complexity index is 109. The summed E-state index contributed by atoms with van der Waals surface area (Å²) < 4.78 is 2.04. The molecule has 60 valence electrons. The summed E-state index contributed by atoms with van der Waals surface area (Å²) in [4.78, 5) is 10.1. The molecule has 0 saturated heterocycles. The standard InChI is InChI=1S/C7H15NOS/c1-5-8(10-6-9)7(2,3)4/h6H,5H2,1-4H3. The first kappa shape index (κ1) is 9.98. The summed E-state index contributed by atoms with van der Waals surface area (Å²) in [5, 5.41) is 0. The molecule has 0 unspecified atom stereocenters. The van der Waals surface area contributed by atoms with E-state index in [0.29, 0.717) is 0 Å². The second kappa shape index (κ2) is 3.98. The van der Waals surface area contributed by atoms with E-state index in [-0.39, 0.29) is 5.54 Å². The Kier molecular flexibility index (Phi) is 3.98. The van der Waals surface area contributed by atoms with Crippen LogP contribution >= 0.6 is 11.9 Å². The second-order valence-corrected chi connectivity index (χ2v) is 3.91. The minimum atomic E-state index is 0.0837. The van der Waals surface area contributed by atoms with E-state index in [9.17, 15) is 4.79 Å². The van der Waals surface area contributed by atoms with Gasteiger partial charge in [0.2, 0.25) is 0 Å². The van der Waals surface area contributed by atoms with Gasteiger partial charge in [0, 0.05) is 12.1 Å². The molecule has 0 atom stereocenters. The van der Waals surface area contributed by atoms with Gasteiger partial charge in [0.05, 0.1) is 0 Å². The molecule has 0 aromatic carbocycles. The molecule has 0 saturated carbocycles. The van der Waals surface area contributed by atoms with Gasteiger partial charge in [0.1, 0.15) is 0 Å². The summed E-state index contributed by atoms with van der Waals surface area (Å²) in [6.45, 7) is 9.21. The predicted octanol–water partition coefficient (Wildman–Crippen LogP) is 1.95. The van der Waals surface area contributed by atoms with Gasteiger partial charge in [0.25, 0.3) is 0 Å². The van der Waals surface area contributed by atoms with Crippen LogP contribution in [0.25, 0.3) is 0 Å². The lowest BCUT2D eigenvalue weighted by atomic mass is 10.1. The Morgan fingerprint density at radius 2 is 2.00 bits per heavy atom. The van der Waals surface area contributed by atoms with Gasteiger partial charge in [-0.3, -0.25) is 4.79 Å². The Balaban J connectivity index is 3.92. The zero-order valence-corrected chi connectivity index (χ0v) is 7.86. The van der Waals surface area contributed by atoms with Crippen LogP contribution in [0, 0.1) is 0 Å². The quantitative estimate of drug-likeness (QED) is 0.466. The topological polar surface area (TPSA) is 20.3 Å². The molecule has 0 N–H and O–H groups in total. The lowest BCUT2D eigenvalue weighted by molar-refractivity contribution is 0.287. The average Bonchev–Trinajstić information content (AvgIpc) is 1.80. The highest BCUT2D eigenvalue weighted by Gasteiger charge is 2.19. The highest BCUT2D eigenvalue weighted by atomic mass is 32.2. The lowest BCUT2D eigenvalue weighted by Gasteiger charge is -2.31. The van der Waals surface area contributed by atoms with Crippen molar-refractivity contribution in [2.75, 3.05) is 6.54 Å². The van der Waals surface area contributed by atoms with E-state index in [0.717, 1.165) is 12.2 Å². The van der Waals surface area contributed by atoms with E-state index >= 15 is 0 Å². The third-order valence-electron chi connectivity index (χ3n) is 1.21. The van der Waals surface area contributed by atoms with Gasteiger partial charge in [-0.2, -0.15) is 0 Å². The number of carbonyl (C=O) groups excluding carboxylic acids is 1. The fraction of sp³-hybridized carbons (Fsp3) is 0.857. The maximum absolute atomic E-state index is 10.1. The molecule has 0 aliphatic heterocycles. The minimum absolute atomic E-state index is 0.0837. The van der Waals surface area contributed by atoms with Crippen molar-refractivity contribution in [2.45, 2.75) is 33.2 Å². The van der Waals surface area contributed by atoms with Gasteiger partial charge in [-0.05, 0) is 32.7 Å². The Morgan fingerprint density at radius 1 is 1.50 bits per heavy atom. The Labute approximate surface area is 67.1 Å². The van der Waals surface area contributed by atoms with Crippen LogP contribution in [-0.4, -0.2) is 22.0 Å². The Morgan fingerprint density at radius 3 is 2.10 bits per heavy atom. The molecule has 0 spiro atoms. The van der Waals surface area contributed by atoms with E-state index in [1.807, 2.05) is 11.2 Å². The van der Waals surface area contributed by atoms with Crippen LogP contribution in [0.4, 0.5) is 0 Å². The van der Waals surface area contributed by atoms with Crippen molar-refractivity contribution >= 4 is 17.6 Å². The zero-order chi connectivity index (χ0) is 8.20. The third kappa shape index (κ3) is 3.22. The number of nitrogens with zero attached hydrogens (tertiary/aromatic N) is 1. The first-order chi connectivity index (χ1) is 4.52. The van der Waals surface area contributed by atoms with E-state index in [1.54, 1.807) is 0 Å². The normalized spacial score (nSPS) is 12.1. The Hall–Kier alpha value is -0.0200. The van der Waals surface area contributed by atoms with Crippen molar-refractivity contribution in [1.29, 1.82) is 0 Å². The van der Waals surface area contributed by atoms with E-state index in [4.69, 9.17) is 0 Å². The first-order valence-electron chi connectivity index (χ1n) is 3.40. The van der Waals surface area contributed by atoms with Gasteiger partial charge in [-0.15, -0.1) is 0 Å². The molecule has 0 bridgehead atoms. The molecule has 3 heteroatoms. The van der Waals surface area contributed by atoms with Gasteiger partial charge in [0.15, 0.2) is 5.62 Å². The van der Waals surface area contributed by atoms with Crippen LogP contribution < -0.4 is 0 Å². The average molecular weight is 161 g/mol. The summed E-state index contributed by atoms with van der Waals surface area (Å²) in [7, 11) is 0. The zero-order valence-electron chi connectivity index (χ0n) is 7.05. The van der Waals surface area contributed by atoms with Gasteiger partial charge in [-0.25, -0.2) is 4.31 Å². The number of rotatable bonds is 3. The van der Waals surface area contributed by atoms with Crippen LogP contribution in [0.1, 0.15) is 27.7 Å². The molecule has 0 aliphatic carbocycles. The molecule has 0 aromatic rings. The molecule has 0 heterocycles. The van der Waals surface area contributed by atoms with Crippen molar-refractivity contribution in [3.63, 3.8) is 0 Å². The van der Waals surface area contributed by atoms with Crippen LogP contribution in [0.2, 0.25) is 0 Å².